The molecule has 23 heavy (non-hydrogen) atoms. The van der Waals surface area contributed by atoms with E-state index < -0.39 is 11.7 Å². The minimum atomic E-state index is -0.758. The molecule has 3 aromatic rings. The molecular formula is C16H11FN4O2. The molecule has 0 fully saturated rings. The van der Waals surface area contributed by atoms with Crippen LogP contribution in [0.15, 0.2) is 40.9 Å². The van der Waals surface area contributed by atoms with E-state index in [0.717, 1.165) is 6.07 Å². The van der Waals surface area contributed by atoms with Gasteiger partial charge in [-0.1, -0.05) is 0 Å². The predicted molar refractivity (Wildman–Crippen MR) is 80.4 cm³/mol. The summed E-state index contributed by atoms with van der Waals surface area (Å²) in [6.45, 7) is 0.327. The molecule has 3 N–H and O–H groups in total. The molecular weight excluding hydrogens is 299 g/mol. The molecule has 2 heterocycles. The number of halogens is 1. The largest absolute Gasteiger partial charge is 0.455 e. The van der Waals surface area contributed by atoms with Crippen LogP contribution in [0.5, 0.6) is 0 Å². The Bertz CT molecular complexity index is 926. The molecule has 1 aromatic carbocycles. The van der Waals surface area contributed by atoms with Gasteiger partial charge in [-0.3, -0.25) is 9.78 Å². The number of nitrogens with zero attached hydrogens (tertiary/aromatic N) is 2. The van der Waals surface area contributed by atoms with Gasteiger partial charge in [0.15, 0.2) is 6.19 Å². The van der Waals surface area contributed by atoms with Crippen molar-refractivity contribution in [1.82, 2.24) is 10.3 Å². The molecule has 0 saturated carbocycles. The van der Waals surface area contributed by atoms with Crippen LogP contribution in [0.25, 0.3) is 22.3 Å². The van der Waals surface area contributed by atoms with E-state index in [2.05, 4.69) is 10.3 Å². The number of primary amides is 1. The lowest BCUT2D eigenvalue weighted by molar-refractivity contribution is 0.100. The number of nitrogens with two attached hydrogens (primary N) is 1. The number of benzene rings is 1. The highest BCUT2D eigenvalue weighted by Crippen LogP contribution is 2.30. The van der Waals surface area contributed by atoms with Crippen molar-refractivity contribution in [3.8, 4) is 17.5 Å². The SMILES string of the molecule is N#CNCc1ccc(-c2cc3cc(F)cc(C(N)=O)c3o2)cn1. The van der Waals surface area contributed by atoms with Gasteiger partial charge in [-0.25, -0.2) is 4.39 Å². The third-order valence-electron chi connectivity index (χ3n) is 3.30. The van der Waals surface area contributed by atoms with Crippen LogP contribution in [-0.4, -0.2) is 10.9 Å². The first-order chi connectivity index (χ1) is 11.1. The second-order valence-corrected chi connectivity index (χ2v) is 4.85. The number of hydrogen-bond acceptors (Lipinski definition) is 5. The van der Waals surface area contributed by atoms with Gasteiger partial charge in [0.05, 0.1) is 17.8 Å². The van der Waals surface area contributed by atoms with Gasteiger partial charge in [-0.2, -0.15) is 5.26 Å². The molecule has 3 rings (SSSR count). The summed E-state index contributed by atoms with van der Waals surface area (Å²) < 4.78 is 19.2. The number of carbonyl (C=O) groups is 1. The summed E-state index contributed by atoms with van der Waals surface area (Å²) in [5.41, 5.74) is 6.84. The molecule has 0 aliphatic carbocycles. The van der Waals surface area contributed by atoms with Gasteiger partial charge < -0.3 is 15.5 Å². The van der Waals surface area contributed by atoms with Crippen molar-refractivity contribution in [2.75, 3.05) is 0 Å². The van der Waals surface area contributed by atoms with Crippen molar-refractivity contribution in [2.45, 2.75) is 6.54 Å². The molecule has 0 spiro atoms. The maximum Gasteiger partial charge on any atom is 0.252 e. The highest BCUT2D eigenvalue weighted by molar-refractivity contribution is 6.04. The molecule has 1 amide bonds. The summed E-state index contributed by atoms with van der Waals surface area (Å²) >= 11 is 0. The van der Waals surface area contributed by atoms with Gasteiger partial charge in [0.1, 0.15) is 17.2 Å². The lowest BCUT2D eigenvalue weighted by Gasteiger charge is -2.00. The highest BCUT2D eigenvalue weighted by Gasteiger charge is 2.15. The summed E-state index contributed by atoms with van der Waals surface area (Å²) in [6.07, 6.45) is 3.39. The number of nitriles is 1. The molecule has 0 unspecified atom stereocenters. The van der Waals surface area contributed by atoms with Crippen LogP contribution in [0, 0.1) is 17.3 Å². The molecule has 0 bridgehead atoms. The Morgan fingerprint density at radius 3 is 2.87 bits per heavy atom. The summed E-state index contributed by atoms with van der Waals surface area (Å²) in [5, 5.41) is 11.4. The average Bonchev–Trinajstić information content (AvgIpc) is 2.96. The Labute approximate surface area is 130 Å². The molecule has 0 atom stereocenters. The summed E-state index contributed by atoms with van der Waals surface area (Å²) in [6, 6.07) is 7.44. The van der Waals surface area contributed by atoms with Crippen molar-refractivity contribution in [2.24, 2.45) is 5.73 Å². The van der Waals surface area contributed by atoms with Crippen molar-refractivity contribution in [3.05, 3.63) is 53.6 Å². The van der Waals surface area contributed by atoms with Crippen molar-refractivity contribution >= 4 is 16.9 Å². The fourth-order valence-corrected chi connectivity index (χ4v) is 2.25. The summed E-state index contributed by atoms with van der Waals surface area (Å²) in [4.78, 5) is 15.6. The highest BCUT2D eigenvalue weighted by atomic mass is 19.1. The van der Waals surface area contributed by atoms with E-state index in [-0.39, 0.29) is 11.1 Å². The van der Waals surface area contributed by atoms with Crippen LogP contribution < -0.4 is 11.1 Å². The first-order valence-corrected chi connectivity index (χ1v) is 6.68. The van der Waals surface area contributed by atoms with Crippen molar-refractivity contribution in [1.29, 1.82) is 5.26 Å². The number of aromatic nitrogens is 1. The Morgan fingerprint density at radius 2 is 2.22 bits per heavy atom. The van der Waals surface area contributed by atoms with Gasteiger partial charge in [0.2, 0.25) is 0 Å². The Hall–Kier alpha value is -3.40. The van der Waals surface area contributed by atoms with E-state index in [1.165, 1.54) is 6.07 Å². The predicted octanol–water partition coefficient (Wildman–Crippen LogP) is 2.30. The van der Waals surface area contributed by atoms with E-state index in [9.17, 15) is 9.18 Å². The number of nitrogens with one attached hydrogen (secondary N) is 1. The van der Waals surface area contributed by atoms with E-state index in [4.69, 9.17) is 15.4 Å². The zero-order valence-electron chi connectivity index (χ0n) is 11.8. The number of fused-ring (bicyclic) bond motifs is 1. The fourth-order valence-electron chi connectivity index (χ4n) is 2.25. The monoisotopic (exact) mass is 310 g/mol. The number of amides is 1. The molecule has 0 aliphatic heterocycles. The van der Waals surface area contributed by atoms with E-state index in [1.807, 2.05) is 6.19 Å². The zero-order chi connectivity index (χ0) is 16.4. The van der Waals surface area contributed by atoms with E-state index in [1.54, 1.807) is 24.4 Å². The molecule has 0 radical (unpaired) electrons. The Kier molecular flexibility index (Phi) is 3.65. The minimum Gasteiger partial charge on any atom is -0.455 e. The smallest absolute Gasteiger partial charge is 0.252 e. The molecule has 0 aliphatic rings. The number of carbonyl (C=O) groups excluding carboxylic acids is 1. The molecule has 114 valence electrons. The summed E-state index contributed by atoms with van der Waals surface area (Å²) in [5.74, 6) is -0.874. The van der Waals surface area contributed by atoms with Gasteiger partial charge in [-0.15, -0.1) is 0 Å². The lowest BCUT2D eigenvalue weighted by atomic mass is 10.1. The number of pyridine rings is 1. The van der Waals surface area contributed by atoms with Crippen LogP contribution in [0.2, 0.25) is 0 Å². The topological polar surface area (TPSA) is 105 Å². The van der Waals surface area contributed by atoms with E-state index in [0.29, 0.717) is 28.9 Å². The number of furan rings is 1. The molecule has 2 aromatic heterocycles. The Balaban J connectivity index is 2.02. The molecule has 6 nitrogen and oxygen atoms in total. The van der Waals surface area contributed by atoms with Gasteiger partial charge in [0.25, 0.3) is 5.91 Å². The zero-order valence-corrected chi connectivity index (χ0v) is 11.8. The third kappa shape index (κ3) is 2.82. The third-order valence-corrected chi connectivity index (χ3v) is 3.30. The van der Waals surface area contributed by atoms with Crippen LogP contribution >= 0.6 is 0 Å². The van der Waals surface area contributed by atoms with Crippen molar-refractivity contribution < 1.29 is 13.6 Å². The Morgan fingerprint density at radius 1 is 1.39 bits per heavy atom. The average molecular weight is 310 g/mol. The standard InChI is InChI=1S/C16H11FN4O2/c17-11-3-10-4-14(23-15(10)13(5-11)16(19)22)9-1-2-12(21-6-9)7-20-8-18/h1-6,20H,7H2,(H2,19,22). The first kappa shape index (κ1) is 14.5. The quantitative estimate of drug-likeness (QED) is 0.568. The van der Waals surface area contributed by atoms with Crippen LogP contribution in [-0.2, 0) is 6.54 Å². The molecule has 0 saturated heterocycles. The van der Waals surface area contributed by atoms with Crippen LogP contribution in [0.3, 0.4) is 0 Å². The van der Waals surface area contributed by atoms with Crippen LogP contribution in [0.4, 0.5) is 4.39 Å². The van der Waals surface area contributed by atoms with Gasteiger partial charge in [-0.05, 0) is 30.3 Å². The maximum atomic E-state index is 13.5. The van der Waals surface area contributed by atoms with Crippen molar-refractivity contribution in [3.63, 3.8) is 0 Å². The number of rotatable bonds is 4. The minimum absolute atomic E-state index is 0.00551. The van der Waals surface area contributed by atoms with Gasteiger partial charge >= 0.3 is 0 Å². The second-order valence-electron chi connectivity index (χ2n) is 4.85. The number of hydrogen-bond donors (Lipinski definition) is 2. The summed E-state index contributed by atoms with van der Waals surface area (Å²) in [7, 11) is 0. The van der Waals surface area contributed by atoms with Crippen LogP contribution in [0.1, 0.15) is 16.1 Å². The lowest BCUT2D eigenvalue weighted by Crippen LogP contribution is -2.11. The fraction of sp³-hybridized carbons (Fsp3) is 0.0625. The van der Waals surface area contributed by atoms with Gasteiger partial charge in [0, 0.05) is 17.1 Å². The maximum absolute atomic E-state index is 13.5. The molecule has 7 heteroatoms. The second kappa shape index (κ2) is 5.77. The first-order valence-electron chi connectivity index (χ1n) is 6.68. The van der Waals surface area contributed by atoms with E-state index >= 15 is 0 Å². The normalized spacial score (nSPS) is 10.4.